The first kappa shape index (κ1) is 23.9. The molecule has 174 valence electrons. The van der Waals surface area contributed by atoms with Crippen molar-refractivity contribution in [2.24, 2.45) is 0 Å². The van der Waals surface area contributed by atoms with Gasteiger partial charge in [-0.3, -0.25) is 19.6 Å². The second-order valence-electron chi connectivity index (χ2n) is 6.79. The molecule has 0 saturated heterocycles. The average molecular weight is 496 g/mol. The third-order valence-electron chi connectivity index (χ3n) is 4.51. The Balaban J connectivity index is 1.94. The lowest BCUT2D eigenvalue weighted by atomic mass is 10.2. The molecule has 0 aromatic heterocycles. The fourth-order valence-corrected chi connectivity index (χ4v) is 4.97. The van der Waals surface area contributed by atoms with E-state index in [0.29, 0.717) is 5.56 Å². The zero-order valence-electron chi connectivity index (χ0n) is 17.3. The van der Waals surface area contributed by atoms with E-state index in [9.17, 15) is 31.3 Å². The van der Waals surface area contributed by atoms with E-state index in [1.165, 1.54) is 44.4 Å². The number of nitrogens with one attached hydrogen (secondary N) is 2. The third-order valence-corrected chi connectivity index (χ3v) is 7.27. The molecule has 0 aliphatic heterocycles. The maximum Gasteiger partial charge on any atom is 0.273 e. The van der Waals surface area contributed by atoms with Crippen LogP contribution in [0.2, 0.25) is 0 Å². The van der Waals surface area contributed by atoms with E-state index in [-0.39, 0.29) is 32.6 Å². The van der Waals surface area contributed by atoms with Crippen LogP contribution in [-0.4, -0.2) is 28.9 Å². The van der Waals surface area contributed by atoms with Gasteiger partial charge in [0.1, 0.15) is 11.6 Å². The summed E-state index contributed by atoms with van der Waals surface area (Å²) in [5.74, 6) is -0.520. The minimum absolute atomic E-state index is 0.0316. The van der Waals surface area contributed by atoms with Crippen molar-refractivity contribution in [2.75, 3.05) is 16.6 Å². The number of methoxy groups -OCH3 is 1. The second-order valence-corrected chi connectivity index (χ2v) is 10.2. The number of benzene rings is 3. The Morgan fingerprint density at radius 1 is 0.879 bits per heavy atom. The average Bonchev–Trinajstić information content (AvgIpc) is 2.73. The lowest BCUT2D eigenvalue weighted by Gasteiger charge is -2.15. The number of aryl methyl sites for hydroxylation is 1. The molecule has 0 fully saturated rings. The molecule has 3 aromatic rings. The van der Waals surface area contributed by atoms with E-state index in [1.807, 2.05) is 0 Å². The molecule has 0 atom stereocenters. The lowest BCUT2D eigenvalue weighted by Crippen LogP contribution is -2.16. The van der Waals surface area contributed by atoms with Gasteiger partial charge in [-0.25, -0.2) is 21.2 Å². The quantitative estimate of drug-likeness (QED) is 0.358. The predicted octanol–water partition coefficient (Wildman–Crippen LogP) is 3.65. The first-order chi connectivity index (χ1) is 15.4. The highest BCUT2D eigenvalue weighted by molar-refractivity contribution is 7.93. The van der Waals surface area contributed by atoms with Gasteiger partial charge in [0.25, 0.3) is 25.7 Å². The van der Waals surface area contributed by atoms with Gasteiger partial charge in [-0.1, -0.05) is 6.07 Å². The van der Waals surface area contributed by atoms with Crippen molar-refractivity contribution in [3.8, 4) is 5.75 Å². The van der Waals surface area contributed by atoms with E-state index in [1.54, 1.807) is 0 Å². The van der Waals surface area contributed by atoms with Crippen LogP contribution < -0.4 is 14.2 Å². The largest absolute Gasteiger partial charge is 0.495 e. The molecule has 0 heterocycles. The SMILES string of the molecule is COc1ccc(NS(=O)(=O)c2ccc(C)c([N+](=O)[O-])c2)cc1NS(=O)(=O)c1ccc(F)cc1. The Morgan fingerprint density at radius 3 is 2.09 bits per heavy atom. The molecule has 13 heteroatoms. The number of nitro groups is 1. The van der Waals surface area contributed by atoms with E-state index in [0.717, 1.165) is 30.3 Å². The molecule has 0 aliphatic carbocycles. The van der Waals surface area contributed by atoms with Gasteiger partial charge in [0.05, 0.1) is 33.2 Å². The minimum Gasteiger partial charge on any atom is -0.495 e. The van der Waals surface area contributed by atoms with Gasteiger partial charge in [-0.15, -0.1) is 0 Å². The first-order valence-corrected chi connectivity index (χ1v) is 12.1. The molecule has 10 nitrogen and oxygen atoms in total. The predicted molar refractivity (Wildman–Crippen MR) is 119 cm³/mol. The van der Waals surface area contributed by atoms with E-state index < -0.39 is 30.8 Å². The minimum atomic E-state index is -4.24. The fraction of sp³-hybridized carbons (Fsp3) is 0.100. The van der Waals surface area contributed by atoms with Gasteiger partial charge >= 0.3 is 0 Å². The smallest absolute Gasteiger partial charge is 0.273 e. The van der Waals surface area contributed by atoms with Crippen LogP contribution in [0, 0.1) is 22.9 Å². The Labute approximate surface area is 189 Å². The van der Waals surface area contributed by atoms with Crippen LogP contribution in [0.3, 0.4) is 0 Å². The number of ether oxygens (including phenoxy) is 1. The number of nitro benzene ring substituents is 1. The highest BCUT2D eigenvalue weighted by atomic mass is 32.2. The normalized spacial score (nSPS) is 11.6. The van der Waals surface area contributed by atoms with Gasteiger partial charge in [-0.05, 0) is 55.5 Å². The molecule has 2 N–H and O–H groups in total. The molecule has 0 spiro atoms. The highest BCUT2D eigenvalue weighted by Gasteiger charge is 2.22. The van der Waals surface area contributed by atoms with Crippen LogP contribution in [0.25, 0.3) is 0 Å². The standard InChI is InChI=1S/C20H18FN3O7S2/c1-13-3-7-17(12-19(13)24(25)26)33(29,30)22-15-6-10-20(31-2)18(11-15)23-32(27,28)16-8-4-14(21)5-9-16/h3-12,22-23H,1-2H3. The molecule has 0 saturated carbocycles. The van der Waals surface area contributed by atoms with Crippen molar-refractivity contribution in [3.63, 3.8) is 0 Å². The number of hydrogen-bond donors (Lipinski definition) is 2. The number of nitrogens with zero attached hydrogens (tertiary/aromatic N) is 1. The number of rotatable bonds is 8. The molecule has 33 heavy (non-hydrogen) atoms. The zero-order chi connectivity index (χ0) is 24.4. The summed E-state index contributed by atoms with van der Waals surface area (Å²) in [5.41, 5.74) is -0.186. The monoisotopic (exact) mass is 495 g/mol. The Bertz CT molecular complexity index is 1420. The maximum absolute atomic E-state index is 13.1. The topological polar surface area (TPSA) is 145 Å². The molecule has 0 unspecified atom stereocenters. The van der Waals surface area contributed by atoms with Crippen molar-refractivity contribution in [3.05, 3.63) is 82.2 Å². The van der Waals surface area contributed by atoms with Crippen molar-refractivity contribution in [2.45, 2.75) is 16.7 Å². The molecule has 0 radical (unpaired) electrons. The van der Waals surface area contributed by atoms with E-state index in [2.05, 4.69) is 9.44 Å². The number of halogens is 1. The van der Waals surface area contributed by atoms with Gasteiger partial charge in [0, 0.05) is 11.6 Å². The summed E-state index contributed by atoms with van der Waals surface area (Å²) < 4.78 is 73.6. The number of hydrogen-bond acceptors (Lipinski definition) is 7. The van der Waals surface area contributed by atoms with Gasteiger partial charge in [0.15, 0.2) is 0 Å². The van der Waals surface area contributed by atoms with E-state index >= 15 is 0 Å². The van der Waals surface area contributed by atoms with Crippen LogP contribution >= 0.6 is 0 Å². The van der Waals surface area contributed by atoms with Crippen LogP contribution in [0.15, 0.2) is 70.5 Å². The van der Waals surface area contributed by atoms with Gasteiger partial charge in [-0.2, -0.15) is 0 Å². The lowest BCUT2D eigenvalue weighted by molar-refractivity contribution is -0.385. The van der Waals surface area contributed by atoms with Gasteiger partial charge < -0.3 is 4.74 Å². The van der Waals surface area contributed by atoms with Crippen molar-refractivity contribution >= 4 is 37.1 Å². The first-order valence-electron chi connectivity index (χ1n) is 9.17. The van der Waals surface area contributed by atoms with Crippen LogP contribution in [0.1, 0.15) is 5.56 Å². The Hall–Kier alpha value is -3.71. The van der Waals surface area contributed by atoms with Gasteiger partial charge in [0.2, 0.25) is 0 Å². The zero-order valence-corrected chi connectivity index (χ0v) is 18.9. The summed E-state index contributed by atoms with van der Waals surface area (Å²) in [4.78, 5) is 9.88. The Kier molecular flexibility index (Phi) is 6.56. The molecule has 0 aliphatic rings. The summed E-state index contributed by atoms with van der Waals surface area (Å²) in [5, 5.41) is 11.1. The molecule has 0 amide bonds. The molecule has 0 bridgehead atoms. The molecule has 3 aromatic carbocycles. The van der Waals surface area contributed by atoms with Crippen molar-refractivity contribution < 1.29 is 30.9 Å². The van der Waals surface area contributed by atoms with E-state index in [4.69, 9.17) is 4.74 Å². The number of anilines is 2. The molecular formula is C20H18FN3O7S2. The fourth-order valence-electron chi connectivity index (χ4n) is 2.84. The summed E-state index contributed by atoms with van der Waals surface area (Å²) >= 11 is 0. The van der Waals surface area contributed by atoms with Crippen molar-refractivity contribution in [1.82, 2.24) is 0 Å². The summed E-state index contributed by atoms with van der Waals surface area (Å²) in [6.45, 7) is 1.48. The maximum atomic E-state index is 13.1. The second kappa shape index (κ2) is 9.03. The van der Waals surface area contributed by atoms with Crippen molar-refractivity contribution in [1.29, 1.82) is 0 Å². The third kappa shape index (κ3) is 5.38. The highest BCUT2D eigenvalue weighted by Crippen LogP contribution is 2.31. The molecule has 3 rings (SSSR count). The van der Waals surface area contributed by atoms with Crippen LogP contribution in [0.4, 0.5) is 21.5 Å². The molecular weight excluding hydrogens is 477 g/mol. The summed E-state index contributed by atoms with van der Waals surface area (Å²) in [6, 6.07) is 11.4. The Morgan fingerprint density at radius 2 is 1.48 bits per heavy atom. The van der Waals surface area contributed by atoms with Crippen LogP contribution in [0.5, 0.6) is 5.75 Å². The summed E-state index contributed by atoms with van der Waals surface area (Å²) in [6.07, 6.45) is 0. The summed E-state index contributed by atoms with van der Waals surface area (Å²) in [7, 11) is -7.09. The number of sulfonamides is 2. The van der Waals surface area contributed by atoms with Crippen LogP contribution in [-0.2, 0) is 20.0 Å².